The van der Waals surface area contributed by atoms with Crippen molar-refractivity contribution >= 4 is 17.3 Å². The van der Waals surface area contributed by atoms with E-state index in [1.54, 1.807) is 19.1 Å². The van der Waals surface area contributed by atoms with Gasteiger partial charge in [0.25, 0.3) is 0 Å². The van der Waals surface area contributed by atoms with Gasteiger partial charge >= 0.3 is 0 Å². The zero-order valence-corrected chi connectivity index (χ0v) is 22.2. The van der Waals surface area contributed by atoms with Crippen molar-refractivity contribution in [3.05, 3.63) is 57.6 Å². The van der Waals surface area contributed by atoms with Crippen LogP contribution in [0.15, 0.2) is 24.3 Å². The van der Waals surface area contributed by atoms with Crippen molar-refractivity contribution in [2.45, 2.75) is 89.2 Å². The zero-order chi connectivity index (χ0) is 28.4. The Hall–Kier alpha value is -3.15. The molecule has 0 saturated carbocycles. The molecular weight excluding hydrogens is 506 g/mol. The molecule has 5 rings (SSSR count). The number of ether oxygens (including phenoxy) is 2. The van der Waals surface area contributed by atoms with Gasteiger partial charge in [-0.2, -0.15) is 0 Å². The van der Waals surface area contributed by atoms with Gasteiger partial charge in [-0.05, 0) is 13.8 Å². The average Bonchev–Trinajstić information content (AvgIpc) is 2.87. The van der Waals surface area contributed by atoms with Crippen molar-refractivity contribution in [3.8, 4) is 11.5 Å². The van der Waals surface area contributed by atoms with E-state index >= 15 is 0 Å². The largest absolute Gasteiger partial charge is 0.507 e. The number of aromatic hydroxyl groups is 2. The summed E-state index contributed by atoms with van der Waals surface area (Å²) in [5.74, 6) is -2.98. The number of aliphatic hydroxyl groups excluding tert-OH is 1. The normalized spacial score (nSPS) is 30.1. The first-order valence-corrected chi connectivity index (χ1v) is 13.1. The summed E-state index contributed by atoms with van der Waals surface area (Å²) >= 11 is 0. The third-order valence-electron chi connectivity index (χ3n) is 8.00. The molecule has 2 aromatic rings. The van der Waals surface area contributed by atoms with Crippen LogP contribution in [-0.2, 0) is 20.7 Å². The maximum Gasteiger partial charge on any atom is 0.198 e. The molecule has 0 bridgehead atoms. The molecule has 10 nitrogen and oxygen atoms in total. The van der Waals surface area contributed by atoms with Gasteiger partial charge in [0, 0.05) is 53.6 Å². The van der Waals surface area contributed by atoms with Crippen molar-refractivity contribution in [3.63, 3.8) is 0 Å². The molecular formula is C29H33NO9. The van der Waals surface area contributed by atoms with Crippen LogP contribution in [0.1, 0.15) is 89.6 Å². The van der Waals surface area contributed by atoms with Crippen LogP contribution in [0.2, 0.25) is 0 Å². The van der Waals surface area contributed by atoms with Gasteiger partial charge in [-0.3, -0.25) is 14.4 Å². The van der Waals surface area contributed by atoms with Gasteiger partial charge in [-0.15, -0.1) is 0 Å². The van der Waals surface area contributed by atoms with Gasteiger partial charge in [-0.1, -0.05) is 38.1 Å². The SMILES string of the molecule is CC(=O)[C@]1(O)Cc2c(O)c3c(c(O)c2[C@@H](O[C@H]2C[C@H](NC(C)C)[C@H](O)[C@H](C)O2)C1)C(=O)c1ccccc1C3=O. The number of aliphatic hydroxyl groups is 2. The van der Waals surface area contributed by atoms with Crippen LogP contribution in [0, 0.1) is 0 Å². The van der Waals surface area contributed by atoms with E-state index in [4.69, 9.17) is 9.47 Å². The number of carbonyl (C=O) groups excluding carboxylic acids is 3. The lowest BCUT2D eigenvalue weighted by molar-refractivity contribution is -0.250. The summed E-state index contributed by atoms with van der Waals surface area (Å²) in [6, 6.07) is 5.81. The van der Waals surface area contributed by atoms with E-state index in [0.29, 0.717) is 0 Å². The first-order valence-electron chi connectivity index (χ1n) is 13.1. The molecule has 0 spiro atoms. The Labute approximate surface area is 225 Å². The molecule has 0 radical (unpaired) electrons. The van der Waals surface area contributed by atoms with E-state index in [2.05, 4.69) is 5.32 Å². The number of fused-ring (bicyclic) bond motifs is 3. The van der Waals surface area contributed by atoms with E-state index in [9.17, 15) is 34.8 Å². The Morgan fingerprint density at radius 3 is 2.26 bits per heavy atom. The molecule has 5 N–H and O–H groups in total. The van der Waals surface area contributed by atoms with Gasteiger partial charge in [0.2, 0.25) is 0 Å². The van der Waals surface area contributed by atoms with Crippen molar-refractivity contribution in [1.29, 1.82) is 0 Å². The summed E-state index contributed by atoms with van der Waals surface area (Å²) in [7, 11) is 0. The van der Waals surface area contributed by atoms with E-state index in [1.807, 2.05) is 13.8 Å². The zero-order valence-electron chi connectivity index (χ0n) is 22.2. The fraction of sp³-hybridized carbons (Fsp3) is 0.483. The molecule has 0 unspecified atom stereocenters. The van der Waals surface area contributed by atoms with Crippen molar-refractivity contribution < 1.29 is 44.3 Å². The molecule has 0 amide bonds. The fourth-order valence-electron chi connectivity index (χ4n) is 5.98. The quantitative estimate of drug-likeness (QED) is 0.303. The number of ketones is 3. The topological polar surface area (TPSA) is 163 Å². The highest BCUT2D eigenvalue weighted by molar-refractivity contribution is 6.30. The lowest BCUT2D eigenvalue weighted by Gasteiger charge is -2.43. The van der Waals surface area contributed by atoms with E-state index < -0.39 is 59.1 Å². The molecule has 1 fully saturated rings. The molecule has 39 heavy (non-hydrogen) atoms. The number of hydrogen-bond donors (Lipinski definition) is 5. The van der Waals surface area contributed by atoms with Crippen LogP contribution in [-0.4, -0.2) is 74.0 Å². The van der Waals surface area contributed by atoms with E-state index in [1.165, 1.54) is 19.1 Å². The highest BCUT2D eigenvalue weighted by Crippen LogP contribution is 2.52. The highest BCUT2D eigenvalue weighted by Gasteiger charge is 2.49. The molecule has 3 aliphatic rings. The molecule has 6 atom stereocenters. The maximum atomic E-state index is 13.4. The molecule has 2 aromatic carbocycles. The van der Waals surface area contributed by atoms with Crippen molar-refractivity contribution in [2.24, 2.45) is 0 Å². The Kier molecular flexibility index (Phi) is 6.89. The van der Waals surface area contributed by atoms with Crippen LogP contribution in [0.4, 0.5) is 0 Å². The standard InChI is InChI=1S/C29H33NO9/c1-12(2)30-18-9-20(38-13(3)24(18)32)39-19-11-29(37,14(4)31)10-17-21(19)28(36)23-22(27(17)35)25(33)15-7-5-6-8-16(15)26(23)34/h5-8,12-13,18-20,24,30,32,35-37H,9-11H2,1-4H3/t13-,18-,19-,20-,24+,29-/m0/s1. The lowest BCUT2D eigenvalue weighted by atomic mass is 9.72. The Bertz CT molecular complexity index is 1370. The summed E-state index contributed by atoms with van der Waals surface area (Å²) in [5.41, 5.74) is -2.51. The van der Waals surface area contributed by atoms with Crippen LogP contribution in [0.5, 0.6) is 11.5 Å². The van der Waals surface area contributed by atoms with Crippen LogP contribution in [0.3, 0.4) is 0 Å². The smallest absolute Gasteiger partial charge is 0.198 e. The van der Waals surface area contributed by atoms with Crippen molar-refractivity contribution in [1.82, 2.24) is 5.32 Å². The maximum absolute atomic E-state index is 13.4. The molecule has 1 saturated heterocycles. The Morgan fingerprint density at radius 1 is 1.10 bits per heavy atom. The van der Waals surface area contributed by atoms with E-state index in [0.717, 1.165) is 0 Å². The number of benzene rings is 2. The Balaban J connectivity index is 1.62. The Morgan fingerprint density at radius 2 is 1.69 bits per heavy atom. The van der Waals surface area contributed by atoms with Crippen molar-refractivity contribution in [2.75, 3.05) is 0 Å². The first kappa shape index (κ1) is 27.4. The minimum atomic E-state index is -1.97. The van der Waals surface area contributed by atoms with Gasteiger partial charge in [0.05, 0.1) is 29.4 Å². The van der Waals surface area contributed by atoms with Gasteiger partial charge < -0.3 is 35.2 Å². The fourth-order valence-corrected chi connectivity index (χ4v) is 5.98. The third-order valence-corrected chi connectivity index (χ3v) is 8.00. The summed E-state index contributed by atoms with van der Waals surface area (Å²) in [6.07, 6.45) is -3.96. The number of Topliss-reactive ketones (excluding diaryl/α,β-unsaturated/α-hetero) is 1. The van der Waals surface area contributed by atoms with Gasteiger partial charge in [-0.25, -0.2) is 0 Å². The molecule has 1 heterocycles. The summed E-state index contributed by atoms with van der Waals surface area (Å²) < 4.78 is 12.1. The second-order valence-corrected chi connectivity index (χ2v) is 11.1. The number of phenolic OH excluding ortho intramolecular Hbond substituents is 2. The number of nitrogens with one attached hydrogen (secondary N) is 1. The van der Waals surface area contributed by atoms with Crippen LogP contribution in [0.25, 0.3) is 0 Å². The minimum Gasteiger partial charge on any atom is -0.507 e. The predicted octanol–water partition coefficient (Wildman–Crippen LogP) is 2.06. The lowest BCUT2D eigenvalue weighted by Crippen LogP contribution is -2.55. The number of phenols is 2. The van der Waals surface area contributed by atoms with Crippen LogP contribution < -0.4 is 5.32 Å². The number of rotatable bonds is 5. The highest BCUT2D eigenvalue weighted by atomic mass is 16.7. The second-order valence-electron chi connectivity index (χ2n) is 11.1. The van der Waals surface area contributed by atoms with Crippen LogP contribution >= 0.6 is 0 Å². The number of hydrogen-bond acceptors (Lipinski definition) is 10. The molecule has 1 aliphatic heterocycles. The third kappa shape index (κ3) is 4.46. The number of carbonyl (C=O) groups is 3. The summed E-state index contributed by atoms with van der Waals surface area (Å²) in [6.45, 7) is 6.78. The summed E-state index contributed by atoms with van der Waals surface area (Å²) in [5, 5.41) is 48.0. The minimum absolute atomic E-state index is 0.0217. The predicted molar refractivity (Wildman–Crippen MR) is 138 cm³/mol. The first-order chi connectivity index (χ1) is 18.3. The van der Waals surface area contributed by atoms with E-state index in [-0.39, 0.29) is 64.7 Å². The molecule has 0 aromatic heterocycles. The molecule has 10 heteroatoms. The molecule has 2 aliphatic carbocycles. The monoisotopic (exact) mass is 539 g/mol. The molecule has 208 valence electrons. The average molecular weight is 540 g/mol. The second kappa shape index (κ2) is 9.79. The summed E-state index contributed by atoms with van der Waals surface area (Å²) in [4.78, 5) is 39.4. The van der Waals surface area contributed by atoms with Gasteiger partial charge in [0.15, 0.2) is 23.6 Å². The van der Waals surface area contributed by atoms with Gasteiger partial charge in [0.1, 0.15) is 17.1 Å².